The summed E-state index contributed by atoms with van der Waals surface area (Å²) in [7, 11) is 0. The van der Waals surface area contributed by atoms with Crippen LogP contribution in [-0.4, -0.2) is 18.0 Å². The number of likely N-dealkylation sites (N-methyl/N-ethyl adjacent to an activating group) is 1. The third-order valence-corrected chi connectivity index (χ3v) is 4.46. The maximum atomic E-state index is 4.32. The normalized spacial score (nSPS) is 9.93. The summed E-state index contributed by atoms with van der Waals surface area (Å²) >= 11 is 0. The molecule has 0 N–H and O–H groups in total. The average Bonchev–Trinajstić information content (AvgIpc) is 2.78. The van der Waals surface area contributed by atoms with E-state index in [1.807, 2.05) is 45.9 Å². The molecule has 0 saturated heterocycles. The lowest BCUT2D eigenvalue weighted by molar-refractivity contribution is 0.361. The molecule has 162 valence electrons. The molecule has 29 heavy (non-hydrogen) atoms. The molecule has 0 aliphatic rings. The number of allylic oxidation sites excluding steroid dienone is 3. The second-order valence-corrected chi connectivity index (χ2v) is 6.22. The van der Waals surface area contributed by atoms with Gasteiger partial charge in [-0.2, -0.15) is 0 Å². The summed E-state index contributed by atoms with van der Waals surface area (Å²) in [5.74, 6) is 0. The minimum absolute atomic E-state index is 0.855. The van der Waals surface area contributed by atoms with Gasteiger partial charge in [0.2, 0.25) is 0 Å². The molecule has 0 saturated carbocycles. The smallest absolute Gasteiger partial charge is 0.0215 e. The van der Waals surface area contributed by atoms with Gasteiger partial charge in [0.1, 0.15) is 0 Å². The lowest BCUT2D eigenvalue weighted by atomic mass is 10.0. The Labute approximate surface area is 182 Å². The van der Waals surface area contributed by atoms with Gasteiger partial charge < -0.3 is 4.90 Å². The summed E-state index contributed by atoms with van der Waals surface area (Å²) in [6.07, 6.45) is 12.2. The van der Waals surface area contributed by atoms with Crippen molar-refractivity contribution in [3.63, 3.8) is 0 Å². The van der Waals surface area contributed by atoms with Gasteiger partial charge in [-0.15, -0.1) is 0 Å². The summed E-state index contributed by atoms with van der Waals surface area (Å²) < 4.78 is 0. The van der Waals surface area contributed by atoms with Gasteiger partial charge in [-0.1, -0.05) is 115 Å². The van der Waals surface area contributed by atoms with Crippen molar-refractivity contribution in [2.45, 2.75) is 67.2 Å². The number of benzene rings is 1. The van der Waals surface area contributed by atoms with Gasteiger partial charge >= 0.3 is 0 Å². The molecule has 1 aromatic rings. The first-order valence-electron chi connectivity index (χ1n) is 11.2. The van der Waals surface area contributed by atoms with Crippen LogP contribution in [0.25, 0.3) is 12.2 Å². The van der Waals surface area contributed by atoms with Gasteiger partial charge in [-0.3, -0.25) is 0 Å². The SMILES string of the molecule is C=C/C(=C\CCC)CCN(CC)C(=C)Cc1ccc(C=C)c(C=C)c1.CC.CC. The van der Waals surface area contributed by atoms with E-state index in [9.17, 15) is 0 Å². The van der Waals surface area contributed by atoms with Gasteiger partial charge in [0.25, 0.3) is 0 Å². The van der Waals surface area contributed by atoms with Crippen molar-refractivity contribution in [3.05, 3.63) is 84.6 Å². The largest absolute Gasteiger partial charge is 0.375 e. The van der Waals surface area contributed by atoms with E-state index in [1.54, 1.807) is 0 Å². The number of unbranched alkanes of at least 4 members (excludes halogenated alkanes) is 1. The highest BCUT2D eigenvalue weighted by molar-refractivity contribution is 5.64. The van der Waals surface area contributed by atoms with Gasteiger partial charge in [0.05, 0.1) is 0 Å². The maximum absolute atomic E-state index is 4.32. The molecule has 0 aliphatic heterocycles. The van der Waals surface area contributed by atoms with E-state index in [1.165, 1.54) is 17.6 Å². The molecule has 0 spiro atoms. The summed E-state index contributed by atoms with van der Waals surface area (Å²) in [4.78, 5) is 2.36. The Morgan fingerprint density at radius 2 is 1.59 bits per heavy atom. The van der Waals surface area contributed by atoms with Crippen molar-refractivity contribution in [2.75, 3.05) is 13.1 Å². The van der Waals surface area contributed by atoms with E-state index in [-0.39, 0.29) is 0 Å². The Bertz CT molecular complexity index is 634. The van der Waals surface area contributed by atoms with Crippen molar-refractivity contribution < 1.29 is 0 Å². The lowest BCUT2D eigenvalue weighted by Crippen LogP contribution is -2.24. The molecule has 1 aromatic carbocycles. The van der Waals surface area contributed by atoms with Crippen molar-refractivity contribution in [1.29, 1.82) is 0 Å². The summed E-state index contributed by atoms with van der Waals surface area (Å²) in [6, 6.07) is 6.44. The van der Waals surface area contributed by atoms with E-state index in [0.29, 0.717) is 0 Å². The van der Waals surface area contributed by atoms with Crippen LogP contribution in [0.1, 0.15) is 77.5 Å². The summed E-state index contributed by atoms with van der Waals surface area (Å²) in [5.41, 5.74) is 5.99. The Hall–Kier alpha value is -2.28. The molecule has 1 nitrogen and oxygen atoms in total. The fourth-order valence-corrected chi connectivity index (χ4v) is 2.87. The maximum Gasteiger partial charge on any atom is 0.0215 e. The zero-order chi connectivity index (χ0) is 22.7. The molecule has 0 unspecified atom stereocenters. The molecule has 1 rings (SSSR count). The van der Waals surface area contributed by atoms with Crippen LogP contribution in [0.2, 0.25) is 0 Å². The van der Waals surface area contributed by atoms with E-state index >= 15 is 0 Å². The van der Waals surface area contributed by atoms with Crippen LogP contribution in [-0.2, 0) is 6.42 Å². The molecule has 0 amide bonds. The zero-order valence-corrected chi connectivity index (χ0v) is 20.1. The second kappa shape index (κ2) is 19.1. The quantitative estimate of drug-likeness (QED) is 0.320. The van der Waals surface area contributed by atoms with Crippen molar-refractivity contribution in [2.24, 2.45) is 0 Å². The average molecular weight is 396 g/mol. The summed E-state index contributed by atoms with van der Waals surface area (Å²) in [5, 5.41) is 0. The van der Waals surface area contributed by atoms with Crippen LogP contribution in [0.4, 0.5) is 0 Å². The van der Waals surface area contributed by atoms with Crippen molar-refractivity contribution >= 4 is 12.2 Å². The number of hydrogen-bond acceptors (Lipinski definition) is 1. The highest BCUT2D eigenvalue weighted by atomic mass is 15.1. The van der Waals surface area contributed by atoms with Crippen LogP contribution in [0.15, 0.2) is 67.9 Å². The van der Waals surface area contributed by atoms with E-state index < -0.39 is 0 Å². The molecule has 0 heterocycles. The van der Waals surface area contributed by atoms with Crippen molar-refractivity contribution in [1.82, 2.24) is 4.90 Å². The van der Waals surface area contributed by atoms with Gasteiger partial charge in [-0.25, -0.2) is 0 Å². The number of hydrogen-bond donors (Lipinski definition) is 0. The fraction of sp³-hybridized carbons (Fsp3) is 0.429. The topological polar surface area (TPSA) is 3.24 Å². The molecule has 1 heteroatoms. The third kappa shape index (κ3) is 11.3. The van der Waals surface area contributed by atoms with Crippen LogP contribution in [0.5, 0.6) is 0 Å². The van der Waals surface area contributed by atoms with Gasteiger partial charge in [-0.05, 0) is 36.5 Å². The predicted molar refractivity (Wildman–Crippen MR) is 137 cm³/mol. The first-order chi connectivity index (χ1) is 14.1. The molecule has 0 radical (unpaired) electrons. The van der Waals surface area contributed by atoms with E-state index in [0.717, 1.165) is 49.2 Å². The highest BCUT2D eigenvalue weighted by Gasteiger charge is 2.08. The molecule has 0 fully saturated rings. The molecule has 0 bridgehead atoms. The Kier molecular flexibility index (Phi) is 19.0. The molecule has 0 aromatic heterocycles. The van der Waals surface area contributed by atoms with Crippen LogP contribution in [0, 0.1) is 0 Å². The molecular formula is C28H45N. The Morgan fingerprint density at radius 3 is 2.07 bits per heavy atom. The first kappa shape index (κ1) is 28.9. The predicted octanol–water partition coefficient (Wildman–Crippen LogP) is 8.71. The zero-order valence-electron chi connectivity index (χ0n) is 20.1. The minimum atomic E-state index is 0.855. The minimum Gasteiger partial charge on any atom is -0.375 e. The Balaban J connectivity index is 0. The van der Waals surface area contributed by atoms with Gasteiger partial charge in [0.15, 0.2) is 0 Å². The first-order valence-corrected chi connectivity index (χ1v) is 11.2. The summed E-state index contributed by atoms with van der Waals surface area (Å²) in [6.45, 7) is 30.3. The van der Waals surface area contributed by atoms with Crippen LogP contribution < -0.4 is 0 Å². The fourth-order valence-electron chi connectivity index (χ4n) is 2.87. The molecule has 0 aliphatic carbocycles. The lowest BCUT2D eigenvalue weighted by Gasteiger charge is -2.26. The second-order valence-electron chi connectivity index (χ2n) is 6.22. The standard InChI is InChI=1S/C24H33N.2C2H6/c1-7-12-13-21(8-2)16-17-25(11-5)20(6)18-22-14-15-23(9-3)24(10-4)19-22;2*1-2/h8-10,13-15,19H,2-4,6-7,11-12,16-18H2,1,5H3;2*1-2H3/b21-13+;;. The number of rotatable bonds is 12. The monoisotopic (exact) mass is 395 g/mol. The third-order valence-electron chi connectivity index (χ3n) is 4.46. The molecular weight excluding hydrogens is 350 g/mol. The van der Waals surface area contributed by atoms with Crippen molar-refractivity contribution in [3.8, 4) is 0 Å². The highest BCUT2D eigenvalue weighted by Crippen LogP contribution is 2.19. The van der Waals surface area contributed by atoms with Crippen LogP contribution in [0.3, 0.4) is 0 Å². The van der Waals surface area contributed by atoms with Crippen LogP contribution >= 0.6 is 0 Å². The Morgan fingerprint density at radius 1 is 0.966 bits per heavy atom. The van der Waals surface area contributed by atoms with E-state index in [4.69, 9.17) is 0 Å². The molecule has 0 atom stereocenters. The van der Waals surface area contributed by atoms with E-state index in [2.05, 4.69) is 69.3 Å². The number of nitrogens with zero attached hydrogens (tertiary/aromatic N) is 1. The van der Waals surface area contributed by atoms with Gasteiger partial charge in [0, 0.05) is 25.2 Å².